The molecular formula is C28H37N3O3. The van der Waals surface area contributed by atoms with Crippen LogP contribution in [0.1, 0.15) is 42.0 Å². The minimum absolute atomic E-state index is 0.0264. The van der Waals surface area contributed by atoms with Gasteiger partial charge in [0.2, 0.25) is 11.8 Å². The number of likely N-dealkylation sites (tertiary alicyclic amines) is 1. The van der Waals surface area contributed by atoms with E-state index in [4.69, 9.17) is 4.74 Å². The number of ether oxygens (including phenoxy) is 1. The van der Waals surface area contributed by atoms with E-state index in [2.05, 4.69) is 53.5 Å². The molecule has 0 spiro atoms. The van der Waals surface area contributed by atoms with E-state index in [0.717, 1.165) is 45.6 Å². The maximum atomic E-state index is 13.0. The van der Waals surface area contributed by atoms with Crippen molar-refractivity contribution >= 4 is 11.8 Å². The first-order valence-corrected chi connectivity index (χ1v) is 12.6. The monoisotopic (exact) mass is 463 g/mol. The van der Waals surface area contributed by atoms with E-state index < -0.39 is 0 Å². The molecule has 1 atom stereocenters. The van der Waals surface area contributed by atoms with Crippen molar-refractivity contribution in [3.05, 3.63) is 71.3 Å². The highest BCUT2D eigenvalue weighted by Crippen LogP contribution is 2.23. The highest BCUT2D eigenvalue weighted by atomic mass is 16.5. The molecule has 6 nitrogen and oxygen atoms in total. The Kier molecular flexibility index (Phi) is 8.72. The van der Waals surface area contributed by atoms with Crippen molar-refractivity contribution in [2.75, 3.05) is 45.9 Å². The highest BCUT2D eigenvalue weighted by Gasteiger charge is 2.29. The van der Waals surface area contributed by atoms with Crippen LogP contribution in [0.2, 0.25) is 0 Å². The molecule has 2 heterocycles. The third kappa shape index (κ3) is 6.67. The van der Waals surface area contributed by atoms with Gasteiger partial charge in [0.1, 0.15) is 0 Å². The average molecular weight is 464 g/mol. The molecule has 2 saturated heterocycles. The van der Waals surface area contributed by atoms with E-state index in [1.807, 2.05) is 23.1 Å². The van der Waals surface area contributed by atoms with E-state index in [-0.39, 0.29) is 23.8 Å². The zero-order valence-corrected chi connectivity index (χ0v) is 20.2. The van der Waals surface area contributed by atoms with Crippen LogP contribution in [0.4, 0.5) is 0 Å². The molecule has 2 aliphatic heterocycles. The Bertz CT molecular complexity index is 918. The van der Waals surface area contributed by atoms with Crippen LogP contribution in [0.5, 0.6) is 0 Å². The maximum Gasteiger partial charge on any atom is 0.223 e. The molecule has 2 aliphatic rings. The van der Waals surface area contributed by atoms with Gasteiger partial charge in [-0.2, -0.15) is 0 Å². The summed E-state index contributed by atoms with van der Waals surface area (Å²) in [6.07, 6.45) is 2.76. The number of piperidine rings is 1. The predicted molar refractivity (Wildman–Crippen MR) is 133 cm³/mol. The number of rotatable bonds is 8. The van der Waals surface area contributed by atoms with Gasteiger partial charge in [0.15, 0.2) is 0 Å². The molecule has 1 unspecified atom stereocenters. The zero-order valence-electron chi connectivity index (χ0n) is 20.2. The lowest BCUT2D eigenvalue weighted by atomic mass is 9.95. The lowest BCUT2D eigenvalue weighted by Gasteiger charge is -2.36. The standard InChI is InChI=1S/C28H37N3O3/c1-22-7-10-24(11-8-22)26(30-17-19-34-20-18-30)21-29-28(33)25-13-15-31(16-14-25)27(32)12-9-23-5-3-2-4-6-23/h2-8,10-11,25-26H,9,12-21H2,1H3,(H,29,33). The van der Waals surface area contributed by atoms with Crippen LogP contribution in [-0.4, -0.2) is 67.6 Å². The van der Waals surface area contributed by atoms with E-state index in [0.29, 0.717) is 26.1 Å². The Morgan fingerprint density at radius 3 is 2.32 bits per heavy atom. The second-order valence-corrected chi connectivity index (χ2v) is 9.46. The van der Waals surface area contributed by atoms with Crippen molar-refractivity contribution in [2.45, 2.75) is 38.6 Å². The summed E-state index contributed by atoms with van der Waals surface area (Å²) in [6.45, 7) is 7.22. The first-order chi connectivity index (χ1) is 16.6. The van der Waals surface area contributed by atoms with Crippen molar-refractivity contribution < 1.29 is 14.3 Å². The number of amides is 2. The highest BCUT2D eigenvalue weighted by molar-refractivity contribution is 5.80. The van der Waals surface area contributed by atoms with E-state index in [1.165, 1.54) is 16.7 Å². The summed E-state index contributed by atoms with van der Waals surface area (Å²) in [7, 11) is 0. The van der Waals surface area contributed by atoms with Gasteiger partial charge in [0.25, 0.3) is 0 Å². The number of carbonyl (C=O) groups excluding carboxylic acids is 2. The SMILES string of the molecule is Cc1ccc(C(CNC(=O)C2CCN(C(=O)CCc3ccccc3)CC2)N2CCOCC2)cc1. The maximum absolute atomic E-state index is 13.0. The van der Waals surface area contributed by atoms with Gasteiger partial charge in [-0.1, -0.05) is 60.2 Å². The normalized spacial score (nSPS) is 18.4. The number of aryl methyl sites for hydroxylation is 2. The molecule has 34 heavy (non-hydrogen) atoms. The fraction of sp³-hybridized carbons (Fsp3) is 0.500. The first-order valence-electron chi connectivity index (χ1n) is 12.6. The Morgan fingerprint density at radius 2 is 1.65 bits per heavy atom. The quantitative estimate of drug-likeness (QED) is 0.652. The van der Waals surface area contributed by atoms with Crippen molar-refractivity contribution in [3.63, 3.8) is 0 Å². The van der Waals surface area contributed by atoms with Gasteiger partial charge in [-0.3, -0.25) is 14.5 Å². The van der Waals surface area contributed by atoms with Crippen LogP contribution < -0.4 is 5.32 Å². The lowest BCUT2D eigenvalue weighted by molar-refractivity contribution is -0.135. The third-order valence-corrected chi connectivity index (χ3v) is 7.11. The number of hydrogen-bond donors (Lipinski definition) is 1. The molecule has 4 rings (SSSR count). The summed E-state index contributed by atoms with van der Waals surface area (Å²) in [6, 6.07) is 18.9. The smallest absolute Gasteiger partial charge is 0.223 e. The Labute approximate surface area is 203 Å². The van der Waals surface area contributed by atoms with Crippen molar-refractivity contribution in [1.82, 2.24) is 15.1 Å². The predicted octanol–water partition coefficient (Wildman–Crippen LogP) is 3.36. The van der Waals surface area contributed by atoms with Gasteiger partial charge in [-0.05, 0) is 37.3 Å². The van der Waals surface area contributed by atoms with E-state index in [1.54, 1.807) is 0 Å². The van der Waals surface area contributed by atoms with Gasteiger partial charge in [0.05, 0.1) is 19.3 Å². The number of benzene rings is 2. The molecule has 1 N–H and O–H groups in total. The van der Waals surface area contributed by atoms with Gasteiger partial charge in [-0.25, -0.2) is 0 Å². The van der Waals surface area contributed by atoms with Crippen molar-refractivity contribution in [2.24, 2.45) is 5.92 Å². The van der Waals surface area contributed by atoms with Gasteiger partial charge >= 0.3 is 0 Å². The van der Waals surface area contributed by atoms with E-state index in [9.17, 15) is 9.59 Å². The number of morpholine rings is 1. The van der Waals surface area contributed by atoms with Crippen LogP contribution >= 0.6 is 0 Å². The Morgan fingerprint density at radius 1 is 0.971 bits per heavy atom. The molecule has 2 aromatic rings. The number of hydrogen-bond acceptors (Lipinski definition) is 4. The van der Waals surface area contributed by atoms with Crippen LogP contribution in [0.3, 0.4) is 0 Å². The molecule has 0 aromatic heterocycles. The summed E-state index contributed by atoms with van der Waals surface area (Å²) < 4.78 is 5.54. The van der Waals surface area contributed by atoms with Gasteiger partial charge < -0.3 is 15.0 Å². The van der Waals surface area contributed by atoms with Crippen molar-refractivity contribution in [1.29, 1.82) is 0 Å². The Hall–Kier alpha value is -2.70. The third-order valence-electron chi connectivity index (χ3n) is 7.11. The van der Waals surface area contributed by atoms with E-state index >= 15 is 0 Å². The molecular weight excluding hydrogens is 426 g/mol. The minimum Gasteiger partial charge on any atom is -0.379 e. The summed E-state index contributed by atoms with van der Waals surface area (Å²) in [5, 5.41) is 3.23. The molecule has 0 bridgehead atoms. The minimum atomic E-state index is -0.0264. The molecule has 182 valence electrons. The number of nitrogens with zero attached hydrogens (tertiary/aromatic N) is 2. The summed E-state index contributed by atoms with van der Waals surface area (Å²) in [4.78, 5) is 30.0. The first kappa shape index (κ1) is 24.4. The summed E-state index contributed by atoms with van der Waals surface area (Å²) in [5.74, 6) is 0.276. The van der Waals surface area contributed by atoms with Crippen LogP contribution in [0.15, 0.2) is 54.6 Å². The molecule has 0 aliphatic carbocycles. The topological polar surface area (TPSA) is 61.9 Å². The summed E-state index contributed by atoms with van der Waals surface area (Å²) >= 11 is 0. The van der Waals surface area contributed by atoms with Gasteiger partial charge in [0, 0.05) is 45.1 Å². The molecule has 0 saturated carbocycles. The lowest BCUT2D eigenvalue weighted by Crippen LogP contribution is -2.46. The number of nitrogens with one attached hydrogen (secondary N) is 1. The summed E-state index contributed by atoms with van der Waals surface area (Å²) in [5.41, 5.74) is 3.65. The molecule has 2 aromatic carbocycles. The largest absolute Gasteiger partial charge is 0.379 e. The second kappa shape index (κ2) is 12.1. The molecule has 6 heteroatoms. The molecule has 2 amide bonds. The fourth-order valence-electron chi connectivity index (χ4n) is 4.92. The van der Waals surface area contributed by atoms with Crippen molar-refractivity contribution in [3.8, 4) is 0 Å². The zero-order chi connectivity index (χ0) is 23.8. The molecule has 2 fully saturated rings. The fourth-order valence-corrected chi connectivity index (χ4v) is 4.92. The Balaban J connectivity index is 1.26. The van der Waals surface area contributed by atoms with Gasteiger partial charge in [-0.15, -0.1) is 0 Å². The van der Waals surface area contributed by atoms with Crippen LogP contribution in [-0.2, 0) is 20.7 Å². The number of carbonyl (C=O) groups is 2. The van der Waals surface area contributed by atoms with Crippen LogP contribution in [0, 0.1) is 12.8 Å². The van der Waals surface area contributed by atoms with Crippen LogP contribution in [0.25, 0.3) is 0 Å². The molecule has 0 radical (unpaired) electrons. The average Bonchev–Trinajstić information content (AvgIpc) is 2.89. The second-order valence-electron chi connectivity index (χ2n) is 9.46.